The lowest BCUT2D eigenvalue weighted by atomic mass is 10.0. The molecule has 0 aliphatic carbocycles. The first-order valence-corrected chi connectivity index (χ1v) is 5.99. The van der Waals surface area contributed by atoms with Crippen molar-refractivity contribution in [2.24, 2.45) is 0 Å². The molecule has 1 saturated heterocycles. The maximum atomic E-state index is 13.7. The highest BCUT2D eigenvalue weighted by Gasteiger charge is 2.25. The van der Waals surface area contributed by atoms with Crippen molar-refractivity contribution in [2.75, 3.05) is 11.9 Å². The lowest BCUT2D eigenvalue weighted by molar-refractivity contribution is -0.384. The average molecular weight is 272 g/mol. The Morgan fingerprint density at radius 1 is 1.47 bits per heavy atom. The van der Waals surface area contributed by atoms with Crippen LogP contribution in [0.1, 0.15) is 19.8 Å². The van der Waals surface area contributed by atoms with Gasteiger partial charge in [-0.25, -0.2) is 8.78 Å². The number of ether oxygens (including phenoxy) is 1. The first-order valence-electron chi connectivity index (χ1n) is 5.99. The Balaban J connectivity index is 2.26. The molecule has 1 heterocycles. The van der Waals surface area contributed by atoms with Crippen molar-refractivity contribution in [3.63, 3.8) is 0 Å². The number of anilines is 1. The molecule has 0 amide bonds. The standard InChI is InChI=1S/C12H14F2N2O3/c1-7-4-9(2-3-19-7)15-12-10(14)5-8(13)6-11(12)16(17)18/h5-7,9,15H,2-4H2,1H3. The van der Waals surface area contributed by atoms with E-state index in [1.54, 1.807) is 0 Å². The molecule has 1 aliphatic heterocycles. The van der Waals surface area contributed by atoms with Gasteiger partial charge in [-0.15, -0.1) is 0 Å². The molecule has 1 N–H and O–H groups in total. The number of halogens is 2. The molecule has 0 saturated carbocycles. The fourth-order valence-corrected chi connectivity index (χ4v) is 2.18. The molecule has 0 bridgehead atoms. The second-order valence-corrected chi connectivity index (χ2v) is 4.59. The molecule has 1 aliphatic rings. The molecular formula is C12H14F2N2O3. The van der Waals surface area contributed by atoms with Crippen LogP contribution >= 0.6 is 0 Å². The van der Waals surface area contributed by atoms with Crippen LogP contribution in [0.2, 0.25) is 0 Å². The van der Waals surface area contributed by atoms with Gasteiger partial charge in [0.25, 0.3) is 5.69 Å². The minimum absolute atomic E-state index is 0.00816. The Hall–Kier alpha value is -1.76. The summed E-state index contributed by atoms with van der Waals surface area (Å²) in [6, 6.07) is 1.23. The van der Waals surface area contributed by atoms with Crippen LogP contribution < -0.4 is 5.32 Å². The fraction of sp³-hybridized carbons (Fsp3) is 0.500. The molecule has 2 atom stereocenters. The summed E-state index contributed by atoms with van der Waals surface area (Å²) < 4.78 is 32.0. The van der Waals surface area contributed by atoms with Gasteiger partial charge in [-0.1, -0.05) is 0 Å². The third kappa shape index (κ3) is 3.17. The van der Waals surface area contributed by atoms with E-state index < -0.39 is 22.2 Å². The molecule has 104 valence electrons. The minimum atomic E-state index is -0.963. The third-order valence-electron chi connectivity index (χ3n) is 3.06. The van der Waals surface area contributed by atoms with Crippen molar-refractivity contribution < 1.29 is 18.4 Å². The maximum absolute atomic E-state index is 13.7. The van der Waals surface area contributed by atoms with Crippen molar-refractivity contribution in [3.05, 3.63) is 33.9 Å². The van der Waals surface area contributed by atoms with Gasteiger partial charge in [-0.2, -0.15) is 0 Å². The zero-order chi connectivity index (χ0) is 14.0. The van der Waals surface area contributed by atoms with Crippen LogP contribution in [0.15, 0.2) is 12.1 Å². The number of rotatable bonds is 3. The number of nitrogens with zero attached hydrogens (tertiary/aromatic N) is 1. The predicted molar refractivity (Wildman–Crippen MR) is 65.1 cm³/mol. The Morgan fingerprint density at radius 2 is 2.21 bits per heavy atom. The monoisotopic (exact) mass is 272 g/mol. The quantitative estimate of drug-likeness (QED) is 0.678. The lowest BCUT2D eigenvalue weighted by Gasteiger charge is -2.28. The second-order valence-electron chi connectivity index (χ2n) is 4.59. The van der Waals surface area contributed by atoms with E-state index in [1.165, 1.54) is 0 Å². The van der Waals surface area contributed by atoms with E-state index in [2.05, 4.69) is 5.32 Å². The summed E-state index contributed by atoms with van der Waals surface area (Å²) in [5.74, 6) is -1.92. The van der Waals surface area contributed by atoms with E-state index in [0.717, 1.165) is 0 Å². The number of nitro benzene ring substituents is 1. The summed E-state index contributed by atoms with van der Waals surface area (Å²) in [7, 11) is 0. The van der Waals surface area contributed by atoms with E-state index in [4.69, 9.17) is 4.74 Å². The largest absolute Gasteiger partial charge is 0.378 e. The van der Waals surface area contributed by atoms with Crippen LogP contribution in [0.5, 0.6) is 0 Å². The molecule has 0 spiro atoms. The molecule has 2 rings (SSSR count). The number of hydrogen-bond acceptors (Lipinski definition) is 4. The van der Waals surface area contributed by atoms with Crippen LogP contribution in [0, 0.1) is 21.7 Å². The highest BCUT2D eigenvalue weighted by molar-refractivity contribution is 5.63. The van der Waals surface area contributed by atoms with E-state index in [0.29, 0.717) is 31.6 Å². The van der Waals surface area contributed by atoms with Gasteiger partial charge in [0, 0.05) is 18.7 Å². The fourth-order valence-electron chi connectivity index (χ4n) is 2.18. The Morgan fingerprint density at radius 3 is 2.84 bits per heavy atom. The molecule has 2 unspecified atom stereocenters. The molecule has 1 fully saturated rings. The minimum Gasteiger partial charge on any atom is -0.378 e. The third-order valence-corrected chi connectivity index (χ3v) is 3.06. The lowest BCUT2D eigenvalue weighted by Crippen LogP contribution is -2.33. The van der Waals surface area contributed by atoms with Gasteiger partial charge < -0.3 is 10.1 Å². The van der Waals surface area contributed by atoms with E-state index >= 15 is 0 Å². The van der Waals surface area contributed by atoms with Gasteiger partial charge >= 0.3 is 0 Å². The van der Waals surface area contributed by atoms with E-state index in [9.17, 15) is 18.9 Å². The molecular weight excluding hydrogens is 258 g/mol. The Labute approximate surface area is 108 Å². The van der Waals surface area contributed by atoms with Gasteiger partial charge in [0.2, 0.25) is 0 Å². The van der Waals surface area contributed by atoms with Gasteiger partial charge in [-0.3, -0.25) is 10.1 Å². The first-order chi connectivity index (χ1) is 8.97. The molecule has 0 aromatic heterocycles. The van der Waals surface area contributed by atoms with Gasteiger partial charge in [0.05, 0.1) is 17.1 Å². The summed E-state index contributed by atoms with van der Waals surface area (Å²) >= 11 is 0. The molecule has 7 heteroatoms. The molecule has 1 aromatic carbocycles. The average Bonchev–Trinajstić information content (AvgIpc) is 2.32. The van der Waals surface area contributed by atoms with Crippen molar-refractivity contribution in [2.45, 2.75) is 31.9 Å². The van der Waals surface area contributed by atoms with Crippen molar-refractivity contribution >= 4 is 11.4 Å². The van der Waals surface area contributed by atoms with Gasteiger partial charge in [0.15, 0.2) is 5.82 Å². The number of hydrogen-bond donors (Lipinski definition) is 1. The number of nitrogens with one attached hydrogen (secondary N) is 1. The van der Waals surface area contributed by atoms with Crippen molar-refractivity contribution in [1.29, 1.82) is 0 Å². The molecule has 5 nitrogen and oxygen atoms in total. The summed E-state index contributed by atoms with van der Waals surface area (Å²) in [6.45, 7) is 2.39. The van der Waals surface area contributed by atoms with E-state index in [-0.39, 0.29) is 17.8 Å². The van der Waals surface area contributed by atoms with Gasteiger partial charge in [-0.05, 0) is 19.8 Å². The normalized spacial score (nSPS) is 23.1. The molecule has 0 radical (unpaired) electrons. The molecule has 1 aromatic rings. The highest BCUT2D eigenvalue weighted by atomic mass is 19.1. The zero-order valence-corrected chi connectivity index (χ0v) is 10.4. The van der Waals surface area contributed by atoms with Gasteiger partial charge in [0.1, 0.15) is 11.5 Å². The van der Waals surface area contributed by atoms with Crippen LogP contribution in [0.3, 0.4) is 0 Å². The predicted octanol–water partition coefficient (Wildman–Crippen LogP) is 2.85. The van der Waals surface area contributed by atoms with Crippen LogP contribution in [-0.2, 0) is 4.74 Å². The second kappa shape index (κ2) is 5.48. The maximum Gasteiger partial charge on any atom is 0.298 e. The molecule has 19 heavy (non-hydrogen) atoms. The highest BCUT2D eigenvalue weighted by Crippen LogP contribution is 2.31. The smallest absolute Gasteiger partial charge is 0.298 e. The summed E-state index contributed by atoms with van der Waals surface area (Å²) in [5.41, 5.74) is -0.845. The Bertz CT molecular complexity index is 496. The summed E-state index contributed by atoms with van der Waals surface area (Å²) in [6.07, 6.45) is 1.25. The summed E-state index contributed by atoms with van der Waals surface area (Å²) in [4.78, 5) is 10.0. The topological polar surface area (TPSA) is 64.4 Å². The summed E-state index contributed by atoms with van der Waals surface area (Å²) in [5, 5.41) is 13.6. The van der Waals surface area contributed by atoms with Crippen molar-refractivity contribution in [1.82, 2.24) is 0 Å². The van der Waals surface area contributed by atoms with Crippen LogP contribution in [0.25, 0.3) is 0 Å². The SMILES string of the molecule is CC1CC(Nc2c(F)cc(F)cc2[N+](=O)[O-])CCO1. The van der Waals surface area contributed by atoms with Crippen LogP contribution in [0.4, 0.5) is 20.2 Å². The Kier molecular flexibility index (Phi) is 3.94. The van der Waals surface area contributed by atoms with Crippen LogP contribution in [-0.4, -0.2) is 23.7 Å². The number of benzene rings is 1. The van der Waals surface area contributed by atoms with Crippen molar-refractivity contribution in [3.8, 4) is 0 Å². The zero-order valence-electron chi connectivity index (χ0n) is 10.4. The number of nitro groups is 1. The van der Waals surface area contributed by atoms with E-state index in [1.807, 2.05) is 6.92 Å². The first kappa shape index (κ1) is 13.7.